The van der Waals surface area contributed by atoms with Gasteiger partial charge in [0.25, 0.3) is 5.91 Å². The van der Waals surface area contributed by atoms with E-state index in [4.69, 9.17) is 4.74 Å². The van der Waals surface area contributed by atoms with Gasteiger partial charge in [-0.05, 0) is 68.6 Å². The monoisotopic (exact) mass is 423 g/mol. The zero-order valence-electron chi connectivity index (χ0n) is 18.7. The highest BCUT2D eigenvalue weighted by Crippen LogP contribution is 2.26. The molecule has 6 nitrogen and oxygen atoms in total. The van der Waals surface area contributed by atoms with E-state index in [2.05, 4.69) is 36.5 Å². The van der Waals surface area contributed by atoms with E-state index in [1.807, 2.05) is 0 Å². The number of amides is 1. The molecule has 2 aliphatic rings. The molecule has 0 spiro atoms. The topological polar surface area (TPSA) is 82.4 Å². The van der Waals surface area contributed by atoms with Gasteiger partial charge in [0.15, 0.2) is 0 Å². The van der Waals surface area contributed by atoms with Crippen molar-refractivity contribution in [3.63, 3.8) is 0 Å². The Bertz CT molecular complexity index is 863. The van der Waals surface area contributed by atoms with Crippen LogP contribution in [0.15, 0.2) is 30.0 Å². The Morgan fingerprint density at radius 1 is 1.23 bits per heavy atom. The first-order valence-electron chi connectivity index (χ1n) is 11.5. The maximum Gasteiger partial charge on any atom is 0.309 e. The molecule has 0 aromatic heterocycles. The van der Waals surface area contributed by atoms with Gasteiger partial charge in [-0.25, -0.2) is 0 Å². The van der Waals surface area contributed by atoms with Crippen LogP contribution in [0.2, 0.25) is 0 Å². The molecule has 1 amide bonds. The van der Waals surface area contributed by atoms with E-state index in [9.17, 15) is 14.9 Å². The molecule has 0 bridgehead atoms. The molecule has 0 radical (unpaired) electrons. The van der Waals surface area contributed by atoms with Crippen molar-refractivity contribution in [2.75, 3.05) is 19.7 Å². The summed E-state index contributed by atoms with van der Waals surface area (Å²) in [5.41, 5.74) is 4.17. The second-order valence-electron chi connectivity index (χ2n) is 8.35. The number of ether oxygens (including phenoxy) is 1. The molecule has 1 aliphatic heterocycles. The number of nitrogens with zero attached hydrogens (tertiary/aromatic N) is 2. The molecule has 1 aliphatic carbocycles. The zero-order valence-corrected chi connectivity index (χ0v) is 18.7. The summed E-state index contributed by atoms with van der Waals surface area (Å²) < 4.78 is 5.08. The van der Waals surface area contributed by atoms with Crippen LogP contribution < -0.4 is 5.32 Å². The summed E-state index contributed by atoms with van der Waals surface area (Å²) in [5, 5.41) is 12.9. The number of hydrogen-bond donors (Lipinski definition) is 1. The number of carbonyl (C=O) groups excluding carboxylic acids is 2. The third-order valence-corrected chi connectivity index (χ3v) is 6.36. The van der Waals surface area contributed by atoms with Crippen molar-refractivity contribution in [1.29, 1.82) is 5.26 Å². The number of esters is 1. The average Bonchev–Trinajstić information content (AvgIpc) is 2.81. The Balaban J connectivity index is 1.62. The normalized spacial score (nSPS) is 18.0. The highest BCUT2D eigenvalue weighted by Gasteiger charge is 2.29. The van der Waals surface area contributed by atoms with Crippen LogP contribution >= 0.6 is 0 Å². The van der Waals surface area contributed by atoms with E-state index in [1.54, 1.807) is 18.0 Å². The Morgan fingerprint density at radius 3 is 2.58 bits per heavy atom. The summed E-state index contributed by atoms with van der Waals surface area (Å²) in [5.74, 6) is -0.633. The van der Waals surface area contributed by atoms with Gasteiger partial charge in [-0.3, -0.25) is 9.59 Å². The van der Waals surface area contributed by atoms with E-state index < -0.39 is 0 Å². The molecule has 1 fully saturated rings. The van der Waals surface area contributed by atoms with Crippen LogP contribution in [-0.2, 0) is 27.2 Å². The summed E-state index contributed by atoms with van der Waals surface area (Å²) in [6.07, 6.45) is 8.34. The lowest BCUT2D eigenvalue weighted by Gasteiger charge is -2.30. The predicted octanol–water partition coefficient (Wildman–Crippen LogP) is 3.82. The summed E-state index contributed by atoms with van der Waals surface area (Å²) in [4.78, 5) is 26.4. The number of piperidine rings is 1. The number of nitrogens with one attached hydrogen (secondary N) is 1. The first kappa shape index (κ1) is 22.9. The Labute approximate surface area is 185 Å². The number of nitriles is 1. The van der Waals surface area contributed by atoms with Gasteiger partial charge in [-0.1, -0.05) is 25.1 Å². The third kappa shape index (κ3) is 5.66. The first-order chi connectivity index (χ1) is 15.1. The van der Waals surface area contributed by atoms with Gasteiger partial charge < -0.3 is 15.0 Å². The maximum absolute atomic E-state index is 12.8. The minimum absolute atomic E-state index is 0.0536. The summed E-state index contributed by atoms with van der Waals surface area (Å²) in [6, 6.07) is 8.76. The number of likely N-dealkylation sites (tertiary alicyclic amines) is 1. The molecule has 166 valence electrons. The lowest BCUT2D eigenvalue weighted by Crippen LogP contribution is -2.41. The molecule has 1 N–H and O–H groups in total. The molecular formula is C25H33N3O3. The molecule has 1 aromatic carbocycles. The van der Waals surface area contributed by atoms with E-state index in [0.29, 0.717) is 32.5 Å². The van der Waals surface area contributed by atoms with E-state index in [-0.39, 0.29) is 29.4 Å². The lowest BCUT2D eigenvalue weighted by atomic mass is 9.89. The molecule has 1 atom stereocenters. The lowest BCUT2D eigenvalue weighted by molar-refractivity contribution is -0.150. The fourth-order valence-corrected chi connectivity index (χ4v) is 4.49. The van der Waals surface area contributed by atoms with Gasteiger partial charge in [-0.15, -0.1) is 0 Å². The van der Waals surface area contributed by atoms with E-state index in [1.165, 1.54) is 29.5 Å². The van der Waals surface area contributed by atoms with Crippen LogP contribution in [0.3, 0.4) is 0 Å². The number of benzene rings is 1. The Hall–Kier alpha value is -2.81. The van der Waals surface area contributed by atoms with Crippen LogP contribution in [0.5, 0.6) is 0 Å². The van der Waals surface area contributed by atoms with Crippen molar-refractivity contribution in [2.24, 2.45) is 5.92 Å². The predicted molar refractivity (Wildman–Crippen MR) is 119 cm³/mol. The van der Waals surface area contributed by atoms with Gasteiger partial charge in [0.1, 0.15) is 11.6 Å². The molecule has 31 heavy (non-hydrogen) atoms. The molecule has 1 heterocycles. The Morgan fingerprint density at radius 2 is 1.94 bits per heavy atom. The minimum atomic E-state index is -0.280. The average molecular weight is 424 g/mol. The van der Waals surface area contributed by atoms with Gasteiger partial charge in [0.2, 0.25) is 0 Å². The van der Waals surface area contributed by atoms with E-state index >= 15 is 0 Å². The summed E-state index contributed by atoms with van der Waals surface area (Å²) in [6.45, 7) is 5.18. The van der Waals surface area contributed by atoms with Crippen LogP contribution in [0.25, 0.3) is 0 Å². The highest BCUT2D eigenvalue weighted by atomic mass is 16.5. The molecule has 6 heteroatoms. The number of carbonyl (C=O) groups is 2. The van der Waals surface area contributed by atoms with Gasteiger partial charge in [0.05, 0.1) is 18.6 Å². The van der Waals surface area contributed by atoms with Gasteiger partial charge in [-0.2, -0.15) is 5.26 Å². The fraction of sp³-hybridized carbons (Fsp3) is 0.560. The zero-order chi connectivity index (χ0) is 22.2. The number of aryl methyl sites for hydroxylation is 2. The van der Waals surface area contributed by atoms with Crippen molar-refractivity contribution < 1.29 is 14.3 Å². The highest BCUT2D eigenvalue weighted by molar-refractivity contribution is 5.97. The third-order valence-electron chi connectivity index (χ3n) is 6.36. The van der Waals surface area contributed by atoms with Crippen LogP contribution in [-0.4, -0.2) is 36.5 Å². The Kier molecular flexibility index (Phi) is 8.11. The second kappa shape index (κ2) is 11.0. The summed E-state index contributed by atoms with van der Waals surface area (Å²) in [7, 11) is 0. The van der Waals surface area contributed by atoms with E-state index in [0.717, 1.165) is 19.3 Å². The summed E-state index contributed by atoms with van der Waals surface area (Å²) >= 11 is 0. The van der Waals surface area contributed by atoms with Crippen LogP contribution in [0.4, 0.5) is 0 Å². The van der Waals surface area contributed by atoms with Crippen LogP contribution in [0.1, 0.15) is 68.7 Å². The van der Waals surface area contributed by atoms with Crippen LogP contribution in [0, 0.1) is 17.2 Å². The van der Waals surface area contributed by atoms with Crippen molar-refractivity contribution in [1.82, 2.24) is 10.2 Å². The van der Waals surface area contributed by atoms with Crippen molar-refractivity contribution in [3.05, 3.63) is 46.7 Å². The van der Waals surface area contributed by atoms with Crippen molar-refractivity contribution >= 4 is 11.9 Å². The molecule has 0 saturated carbocycles. The molecule has 1 aromatic rings. The molecular weight excluding hydrogens is 390 g/mol. The fourth-order valence-electron chi connectivity index (χ4n) is 4.49. The maximum atomic E-state index is 12.8. The minimum Gasteiger partial charge on any atom is -0.466 e. The van der Waals surface area contributed by atoms with Crippen molar-refractivity contribution in [3.8, 4) is 6.07 Å². The number of hydrogen-bond acceptors (Lipinski definition) is 5. The quantitative estimate of drug-likeness (QED) is 0.410. The van der Waals surface area contributed by atoms with Crippen molar-refractivity contribution in [2.45, 2.75) is 64.8 Å². The first-order valence-corrected chi connectivity index (χ1v) is 11.5. The number of rotatable bonds is 7. The molecule has 3 rings (SSSR count). The molecule has 1 saturated heterocycles. The molecule has 1 unspecified atom stereocenters. The smallest absolute Gasteiger partial charge is 0.309 e. The largest absolute Gasteiger partial charge is 0.466 e. The second-order valence-corrected chi connectivity index (χ2v) is 8.35. The standard InChI is InChI=1S/C25H33N3O3/c1-3-23(21-10-9-18-7-5-6-8-20(18)15-21)27-17-22(16-26)24(29)28-13-11-19(12-14-28)25(30)31-4-2/h9-10,15,17,19,23,27H,3-8,11-14H2,1-2H3/b22-17-. The van der Waals surface area contributed by atoms with Gasteiger partial charge >= 0.3 is 5.97 Å². The number of fused-ring (bicyclic) bond motifs is 1. The van der Waals surface area contributed by atoms with Gasteiger partial charge in [0, 0.05) is 19.3 Å². The SMILES string of the molecule is CCOC(=O)C1CCN(C(=O)/C(C#N)=C\NC(CC)c2ccc3c(c2)CCCC3)CC1.